The number of benzene rings is 2. The first-order valence-electron chi connectivity index (χ1n) is 9.80. The number of nitrogens with two attached hydrogens (primary N) is 1. The number of nitro groups is 1. The Balaban J connectivity index is 1.61. The summed E-state index contributed by atoms with van der Waals surface area (Å²) in [7, 11) is 0. The molecule has 0 unspecified atom stereocenters. The van der Waals surface area contributed by atoms with Gasteiger partial charge in [0.15, 0.2) is 6.61 Å². The van der Waals surface area contributed by atoms with E-state index in [1.165, 1.54) is 18.2 Å². The van der Waals surface area contributed by atoms with Crippen molar-refractivity contribution in [3.63, 3.8) is 0 Å². The molecule has 0 spiro atoms. The van der Waals surface area contributed by atoms with Gasteiger partial charge in [0.05, 0.1) is 16.7 Å². The van der Waals surface area contributed by atoms with Gasteiger partial charge in [-0.1, -0.05) is 23.7 Å². The highest BCUT2D eigenvalue weighted by atomic mass is 35.5. The second-order valence-corrected chi connectivity index (χ2v) is 8.09. The summed E-state index contributed by atoms with van der Waals surface area (Å²) in [6.07, 6.45) is 0. The average Bonchev–Trinajstić information content (AvgIpc) is 2.71. The normalized spacial score (nSPS) is 19.3. The largest absolute Gasteiger partial charge is 0.481 e. The number of piperazine rings is 1. The molecule has 0 bridgehead atoms. The molecule has 0 aliphatic carbocycles. The van der Waals surface area contributed by atoms with Crippen LogP contribution in [0.1, 0.15) is 19.4 Å². The molecular weight excluding hydrogens is 427 g/mol. The van der Waals surface area contributed by atoms with Crippen molar-refractivity contribution >= 4 is 28.9 Å². The number of nitrogen functional groups attached to an aromatic ring is 1. The molecule has 1 aliphatic rings. The van der Waals surface area contributed by atoms with E-state index in [1.807, 2.05) is 13.8 Å². The third-order valence-electron chi connectivity index (χ3n) is 5.36. The molecule has 8 nitrogen and oxygen atoms in total. The Hall–Kier alpha value is -2.91. The number of anilines is 1. The number of carbonyl (C=O) groups is 1. The zero-order chi connectivity index (χ0) is 22.7. The van der Waals surface area contributed by atoms with Gasteiger partial charge >= 0.3 is 0 Å². The number of rotatable bonds is 6. The van der Waals surface area contributed by atoms with Crippen molar-refractivity contribution in [2.24, 2.45) is 0 Å². The van der Waals surface area contributed by atoms with Crippen LogP contribution >= 0.6 is 11.6 Å². The van der Waals surface area contributed by atoms with E-state index in [0.29, 0.717) is 19.6 Å². The number of nitro benzene ring substituents is 1. The van der Waals surface area contributed by atoms with Crippen LogP contribution in [0.2, 0.25) is 5.02 Å². The number of halogens is 2. The molecule has 0 radical (unpaired) electrons. The van der Waals surface area contributed by atoms with Gasteiger partial charge in [0, 0.05) is 31.7 Å². The van der Waals surface area contributed by atoms with E-state index < -0.39 is 4.92 Å². The predicted octanol–water partition coefficient (Wildman–Crippen LogP) is 3.47. The van der Waals surface area contributed by atoms with Crippen LogP contribution in [-0.2, 0) is 11.3 Å². The molecule has 1 heterocycles. The Morgan fingerprint density at radius 2 is 1.94 bits per heavy atom. The zero-order valence-electron chi connectivity index (χ0n) is 17.3. The Morgan fingerprint density at radius 3 is 2.58 bits per heavy atom. The molecule has 1 aliphatic heterocycles. The van der Waals surface area contributed by atoms with E-state index in [0.717, 1.165) is 11.6 Å². The maximum atomic E-state index is 13.1. The summed E-state index contributed by atoms with van der Waals surface area (Å²) < 4.78 is 18.6. The highest BCUT2D eigenvalue weighted by Gasteiger charge is 2.32. The molecule has 1 saturated heterocycles. The summed E-state index contributed by atoms with van der Waals surface area (Å²) in [5.74, 6) is -0.467. The predicted molar refractivity (Wildman–Crippen MR) is 115 cm³/mol. The van der Waals surface area contributed by atoms with Crippen molar-refractivity contribution in [3.05, 3.63) is 62.9 Å². The van der Waals surface area contributed by atoms with Gasteiger partial charge in [-0.3, -0.25) is 19.8 Å². The maximum Gasteiger partial charge on any atom is 0.291 e. The Morgan fingerprint density at radius 1 is 1.26 bits per heavy atom. The van der Waals surface area contributed by atoms with Gasteiger partial charge in [-0.2, -0.15) is 0 Å². The van der Waals surface area contributed by atoms with Crippen LogP contribution in [0.5, 0.6) is 5.75 Å². The first-order chi connectivity index (χ1) is 14.7. The quantitative estimate of drug-likeness (QED) is 0.410. The van der Waals surface area contributed by atoms with E-state index in [-0.39, 0.29) is 52.6 Å². The van der Waals surface area contributed by atoms with Gasteiger partial charge in [-0.05, 0) is 37.6 Å². The summed E-state index contributed by atoms with van der Waals surface area (Å²) >= 11 is 5.82. The second kappa shape index (κ2) is 9.49. The minimum absolute atomic E-state index is 0.0418. The second-order valence-electron chi connectivity index (χ2n) is 7.69. The Labute approximate surface area is 184 Å². The minimum Gasteiger partial charge on any atom is -0.481 e. The van der Waals surface area contributed by atoms with Crippen LogP contribution in [0.15, 0.2) is 36.4 Å². The summed E-state index contributed by atoms with van der Waals surface area (Å²) in [6, 6.07) is 8.77. The molecule has 10 heteroatoms. The highest BCUT2D eigenvalue weighted by molar-refractivity contribution is 6.33. The molecule has 1 fully saturated rings. The lowest BCUT2D eigenvalue weighted by Gasteiger charge is -2.44. The van der Waals surface area contributed by atoms with Crippen LogP contribution in [0, 0.1) is 15.9 Å². The Kier molecular flexibility index (Phi) is 6.97. The van der Waals surface area contributed by atoms with Crippen LogP contribution < -0.4 is 10.5 Å². The van der Waals surface area contributed by atoms with Crippen LogP contribution in [0.25, 0.3) is 0 Å². The van der Waals surface area contributed by atoms with Crippen LogP contribution in [0.3, 0.4) is 0 Å². The van der Waals surface area contributed by atoms with Gasteiger partial charge in [-0.25, -0.2) is 4.39 Å². The van der Waals surface area contributed by atoms with E-state index >= 15 is 0 Å². The summed E-state index contributed by atoms with van der Waals surface area (Å²) in [6.45, 7) is 5.49. The lowest BCUT2D eigenvalue weighted by atomic mass is 10.1. The number of amides is 1. The smallest absolute Gasteiger partial charge is 0.291 e. The fraction of sp³-hybridized carbons (Fsp3) is 0.381. The van der Waals surface area contributed by atoms with Crippen molar-refractivity contribution in [1.29, 1.82) is 0 Å². The Bertz CT molecular complexity index is 973. The molecule has 2 aromatic rings. The molecule has 2 N–H and O–H groups in total. The van der Waals surface area contributed by atoms with E-state index in [9.17, 15) is 19.3 Å². The number of ether oxygens (including phenoxy) is 1. The molecule has 166 valence electrons. The fourth-order valence-electron chi connectivity index (χ4n) is 3.64. The topological polar surface area (TPSA) is 102 Å². The molecule has 0 saturated carbocycles. The first-order valence-corrected chi connectivity index (χ1v) is 10.2. The summed E-state index contributed by atoms with van der Waals surface area (Å²) in [5.41, 5.74) is 6.60. The van der Waals surface area contributed by atoms with Crippen LogP contribution in [0.4, 0.5) is 15.8 Å². The SMILES string of the molecule is C[C@@H]1CN(Cc2ccc(F)cc2)[C@@H](C)CN1C(=O)COc1cc([N+](=O)[O-])c(Cl)cc1N. The van der Waals surface area contributed by atoms with E-state index in [4.69, 9.17) is 22.1 Å². The van der Waals surface area contributed by atoms with Gasteiger partial charge in [0.2, 0.25) is 0 Å². The number of carbonyl (C=O) groups excluding carboxylic acids is 1. The third-order valence-corrected chi connectivity index (χ3v) is 5.66. The number of nitrogens with zero attached hydrogens (tertiary/aromatic N) is 3. The van der Waals surface area contributed by atoms with Gasteiger partial charge in [0.25, 0.3) is 11.6 Å². The molecule has 2 aromatic carbocycles. The highest BCUT2D eigenvalue weighted by Crippen LogP contribution is 2.34. The van der Waals surface area contributed by atoms with Crippen molar-refractivity contribution in [3.8, 4) is 5.75 Å². The average molecular weight is 451 g/mol. The van der Waals surface area contributed by atoms with E-state index in [2.05, 4.69) is 4.90 Å². The van der Waals surface area contributed by atoms with Gasteiger partial charge < -0.3 is 15.4 Å². The van der Waals surface area contributed by atoms with Crippen molar-refractivity contribution in [1.82, 2.24) is 9.80 Å². The molecule has 0 aromatic heterocycles. The van der Waals surface area contributed by atoms with Crippen LogP contribution in [-0.4, -0.2) is 52.4 Å². The molecular formula is C21H24ClFN4O4. The van der Waals surface area contributed by atoms with E-state index in [1.54, 1.807) is 17.0 Å². The molecule has 2 atom stereocenters. The summed E-state index contributed by atoms with van der Waals surface area (Å²) in [5, 5.41) is 11.0. The first kappa shape index (κ1) is 22.8. The number of hydrogen-bond acceptors (Lipinski definition) is 6. The van der Waals surface area contributed by atoms with Crippen molar-refractivity contribution < 1.29 is 18.8 Å². The standard InChI is InChI=1S/C21H24ClFN4O4/c1-13-10-26(14(2)9-25(13)11-15-3-5-16(23)6-4-15)21(28)12-31-20-8-19(27(29)30)17(22)7-18(20)24/h3-8,13-14H,9-12,24H2,1-2H3/t13-,14+/m0/s1. The van der Waals surface area contributed by atoms with Gasteiger partial charge in [-0.15, -0.1) is 0 Å². The third kappa shape index (κ3) is 5.42. The summed E-state index contributed by atoms with van der Waals surface area (Å²) in [4.78, 5) is 27.2. The lowest BCUT2D eigenvalue weighted by Crippen LogP contribution is -2.58. The fourth-order valence-corrected chi connectivity index (χ4v) is 3.88. The monoisotopic (exact) mass is 450 g/mol. The van der Waals surface area contributed by atoms with Gasteiger partial charge in [0.1, 0.15) is 16.6 Å². The maximum absolute atomic E-state index is 13.1. The molecule has 31 heavy (non-hydrogen) atoms. The number of hydrogen-bond donors (Lipinski definition) is 1. The molecule has 1 amide bonds. The zero-order valence-corrected chi connectivity index (χ0v) is 18.0. The minimum atomic E-state index is -0.638. The van der Waals surface area contributed by atoms with Crippen molar-refractivity contribution in [2.75, 3.05) is 25.4 Å². The lowest BCUT2D eigenvalue weighted by molar-refractivity contribution is -0.384. The van der Waals surface area contributed by atoms with Crippen molar-refractivity contribution in [2.45, 2.75) is 32.5 Å². The molecule has 3 rings (SSSR count).